The van der Waals surface area contributed by atoms with Crippen molar-refractivity contribution in [3.05, 3.63) is 131 Å². The van der Waals surface area contributed by atoms with E-state index in [1.54, 1.807) is 91.3 Å². The fourth-order valence-corrected chi connectivity index (χ4v) is 4.71. The average molecular weight is 490 g/mol. The Bertz CT molecular complexity index is 1570. The van der Waals surface area contributed by atoms with Crippen molar-refractivity contribution in [2.24, 2.45) is 4.99 Å². The van der Waals surface area contributed by atoms with Gasteiger partial charge in [-0.1, -0.05) is 42.5 Å². The zero-order chi connectivity index (χ0) is 25.5. The van der Waals surface area contributed by atoms with Gasteiger partial charge in [-0.3, -0.25) is 19.4 Å². The van der Waals surface area contributed by atoms with Crippen molar-refractivity contribution >= 4 is 29.1 Å². The van der Waals surface area contributed by atoms with Crippen molar-refractivity contribution < 1.29 is 18.8 Å². The fourth-order valence-electron chi connectivity index (χ4n) is 4.71. The van der Waals surface area contributed by atoms with Gasteiger partial charge in [0.15, 0.2) is 0 Å². The molecule has 0 aliphatic carbocycles. The van der Waals surface area contributed by atoms with Gasteiger partial charge in [-0.15, -0.1) is 0 Å². The van der Waals surface area contributed by atoms with Gasteiger partial charge in [0.25, 0.3) is 17.7 Å². The first-order valence-corrected chi connectivity index (χ1v) is 11.6. The maximum absolute atomic E-state index is 15.1. The Morgan fingerprint density at radius 3 is 1.92 bits per heavy atom. The van der Waals surface area contributed by atoms with Gasteiger partial charge in [0, 0.05) is 23.5 Å². The van der Waals surface area contributed by atoms with Crippen molar-refractivity contribution in [1.82, 2.24) is 9.88 Å². The molecule has 0 N–H and O–H groups in total. The van der Waals surface area contributed by atoms with Crippen molar-refractivity contribution in [2.75, 3.05) is 4.90 Å². The van der Waals surface area contributed by atoms with Crippen molar-refractivity contribution in [3.8, 4) is 0 Å². The molecule has 3 heterocycles. The second kappa shape index (κ2) is 8.91. The molecule has 3 amide bonds. The highest BCUT2D eigenvalue weighted by Gasteiger charge is 2.46. The minimum absolute atomic E-state index is 0.137. The summed E-state index contributed by atoms with van der Waals surface area (Å²) in [6.45, 7) is 0.137. The fraction of sp³-hybridized carbons (Fsp3) is 0.0690. The topological polar surface area (TPSA) is 82.9 Å². The van der Waals surface area contributed by atoms with Gasteiger partial charge in [-0.2, -0.15) is 0 Å². The van der Waals surface area contributed by atoms with Gasteiger partial charge in [-0.25, -0.2) is 14.3 Å². The lowest BCUT2D eigenvalue weighted by molar-refractivity contribution is -0.122. The van der Waals surface area contributed by atoms with E-state index in [1.165, 1.54) is 11.0 Å². The third-order valence-corrected chi connectivity index (χ3v) is 6.48. The van der Waals surface area contributed by atoms with E-state index in [-0.39, 0.29) is 28.9 Å². The highest BCUT2D eigenvalue weighted by atomic mass is 19.1. The van der Waals surface area contributed by atoms with Crippen LogP contribution in [0, 0.1) is 5.82 Å². The number of carbonyl (C=O) groups excluding carboxylic acids is 3. The van der Waals surface area contributed by atoms with E-state index in [9.17, 15) is 14.4 Å². The predicted octanol–water partition coefficient (Wildman–Crippen LogP) is 4.23. The van der Waals surface area contributed by atoms with Gasteiger partial charge >= 0.3 is 0 Å². The summed E-state index contributed by atoms with van der Waals surface area (Å²) in [5.41, 5.74) is 2.53. The quantitative estimate of drug-likeness (QED) is 0.401. The molecule has 0 spiro atoms. The molecular formula is C29H19FN4O3. The number of hydrogen-bond acceptors (Lipinski definition) is 5. The lowest BCUT2D eigenvalue weighted by Crippen LogP contribution is -2.49. The normalized spacial score (nSPS) is 16.8. The summed E-state index contributed by atoms with van der Waals surface area (Å²) in [5.74, 6) is -2.35. The van der Waals surface area contributed by atoms with E-state index in [0.29, 0.717) is 11.3 Å². The SMILES string of the molecule is O=C1[C@H](N2C(=O)c3ccccc3C2=O)N=C(c2ccccc2F)c2ccccc2N1Cc1ccncc1. The number of para-hydroxylation sites is 1. The van der Waals surface area contributed by atoms with E-state index < -0.39 is 29.7 Å². The maximum atomic E-state index is 15.1. The minimum atomic E-state index is -1.53. The van der Waals surface area contributed by atoms with E-state index in [1.807, 2.05) is 0 Å². The molecule has 1 aromatic heterocycles. The molecule has 2 aliphatic heterocycles. The first-order chi connectivity index (χ1) is 18.0. The second-order valence-electron chi connectivity index (χ2n) is 8.65. The smallest absolute Gasteiger partial charge is 0.273 e. The van der Waals surface area contributed by atoms with Crippen LogP contribution in [0.5, 0.6) is 0 Å². The molecule has 0 saturated carbocycles. The Hall–Kier alpha value is -4.98. The number of pyridine rings is 1. The lowest BCUT2D eigenvalue weighted by atomic mass is 9.99. The molecule has 6 rings (SSSR count). The summed E-state index contributed by atoms with van der Waals surface area (Å²) in [5, 5.41) is 0. The molecule has 180 valence electrons. The molecular weight excluding hydrogens is 471 g/mol. The number of benzodiazepines with no additional fused rings is 1. The number of nitrogens with zero attached hydrogens (tertiary/aromatic N) is 4. The van der Waals surface area contributed by atoms with Crippen molar-refractivity contribution in [3.63, 3.8) is 0 Å². The van der Waals surface area contributed by atoms with Crippen molar-refractivity contribution in [1.29, 1.82) is 0 Å². The number of halogens is 1. The van der Waals surface area contributed by atoms with Crippen LogP contribution in [-0.4, -0.2) is 39.5 Å². The first kappa shape index (κ1) is 22.5. The lowest BCUT2D eigenvalue weighted by Gasteiger charge is -2.28. The summed E-state index contributed by atoms with van der Waals surface area (Å²) in [7, 11) is 0. The molecule has 3 aromatic carbocycles. The zero-order valence-electron chi connectivity index (χ0n) is 19.4. The highest BCUT2D eigenvalue weighted by molar-refractivity contribution is 6.25. The average Bonchev–Trinajstić information content (AvgIpc) is 3.12. The summed E-state index contributed by atoms with van der Waals surface area (Å²) in [4.78, 5) is 52.0. The van der Waals surface area contributed by atoms with Crippen LogP contribution in [-0.2, 0) is 11.3 Å². The van der Waals surface area contributed by atoms with Crippen LogP contribution in [0.15, 0.2) is 102 Å². The summed E-state index contributed by atoms with van der Waals surface area (Å²) in [6, 6.07) is 23.1. The summed E-state index contributed by atoms with van der Waals surface area (Å²) < 4.78 is 15.1. The van der Waals surface area contributed by atoms with Gasteiger partial charge < -0.3 is 4.90 Å². The van der Waals surface area contributed by atoms with E-state index in [0.717, 1.165) is 10.5 Å². The molecule has 0 radical (unpaired) electrons. The Balaban J connectivity index is 1.57. The van der Waals surface area contributed by atoms with E-state index in [2.05, 4.69) is 9.98 Å². The summed E-state index contributed by atoms with van der Waals surface area (Å²) >= 11 is 0. The number of fused-ring (bicyclic) bond motifs is 2. The number of imide groups is 1. The Morgan fingerprint density at radius 1 is 0.703 bits per heavy atom. The monoisotopic (exact) mass is 490 g/mol. The Labute approximate surface area is 211 Å². The standard InChI is InChI=1S/C29H19FN4O3/c30-23-11-5-3-9-21(23)25-22-10-4-6-12-24(22)33(17-18-13-15-31-16-14-18)29(37)26(32-25)34-27(35)19-7-1-2-8-20(19)28(34)36/h1-16,26H,17H2/t26-/m0/s1. The Morgan fingerprint density at radius 2 is 1.27 bits per heavy atom. The Kier molecular flexibility index (Phi) is 5.41. The number of hydrogen-bond donors (Lipinski definition) is 0. The van der Waals surface area contributed by atoms with Crippen LogP contribution in [0.4, 0.5) is 10.1 Å². The van der Waals surface area contributed by atoms with Crippen LogP contribution in [0.2, 0.25) is 0 Å². The van der Waals surface area contributed by atoms with Gasteiger partial charge in [0.1, 0.15) is 5.82 Å². The molecule has 0 unspecified atom stereocenters. The molecule has 4 aromatic rings. The van der Waals surface area contributed by atoms with Crippen LogP contribution < -0.4 is 4.90 Å². The largest absolute Gasteiger partial charge is 0.304 e. The first-order valence-electron chi connectivity index (χ1n) is 11.6. The number of amides is 3. The number of carbonyl (C=O) groups is 3. The minimum Gasteiger partial charge on any atom is -0.304 e. The van der Waals surface area contributed by atoms with Crippen LogP contribution in [0.3, 0.4) is 0 Å². The number of anilines is 1. The van der Waals surface area contributed by atoms with Crippen molar-refractivity contribution in [2.45, 2.75) is 12.7 Å². The molecule has 37 heavy (non-hydrogen) atoms. The predicted molar refractivity (Wildman–Crippen MR) is 135 cm³/mol. The van der Waals surface area contributed by atoms with Gasteiger partial charge in [0.05, 0.1) is 29.1 Å². The zero-order valence-corrected chi connectivity index (χ0v) is 19.4. The molecule has 8 heteroatoms. The second-order valence-corrected chi connectivity index (χ2v) is 8.65. The molecule has 0 saturated heterocycles. The van der Waals surface area contributed by atoms with Gasteiger partial charge in [0.2, 0.25) is 6.17 Å². The maximum Gasteiger partial charge on any atom is 0.273 e. The molecule has 1 atom stereocenters. The number of aliphatic imine (C=N–C) groups is 1. The van der Waals surface area contributed by atoms with Crippen LogP contribution >= 0.6 is 0 Å². The van der Waals surface area contributed by atoms with Crippen LogP contribution in [0.1, 0.15) is 37.4 Å². The van der Waals surface area contributed by atoms with E-state index in [4.69, 9.17) is 0 Å². The molecule has 0 bridgehead atoms. The van der Waals surface area contributed by atoms with Crippen LogP contribution in [0.25, 0.3) is 0 Å². The number of benzene rings is 3. The molecule has 7 nitrogen and oxygen atoms in total. The molecule has 2 aliphatic rings. The number of aromatic nitrogens is 1. The third kappa shape index (κ3) is 3.70. The van der Waals surface area contributed by atoms with E-state index >= 15 is 4.39 Å². The molecule has 0 fully saturated rings. The summed E-state index contributed by atoms with van der Waals surface area (Å²) in [6.07, 6.45) is 1.70. The number of rotatable bonds is 4. The van der Waals surface area contributed by atoms with Gasteiger partial charge in [-0.05, 0) is 48.0 Å². The highest BCUT2D eigenvalue weighted by Crippen LogP contribution is 2.34. The third-order valence-electron chi connectivity index (χ3n) is 6.48.